The van der Waals surface area contributed by atoms with Crippen molar-refractivity contribution in [1.29, 1.82) is 0 Å². The van der Waals surface area contributed by atoms with Crippen LogP contribution in [0.15, 0.2) is 18.2 Å². The third kappa shape index (κ3) is 5.06. The summed E-state index contributed by atoms with van der Waals surface area (Å²) in [5, 5.41) is 6.12. The van der Waals surface area contributed by atoms with Gasteiger partial charge in [-0.15, -0.1) is 0 Å². The maximum atomic E-state index is 12.3. The largest absolute Gasteiger partial charge is 0.370 e. The molecule has 0 aromatic heterocycles. The summed E-state index contributed by atoms with van der Waals surface area (Å²) in [6.45, 7) is 8.78. The van der Waals surface area contributed by atoms with Crippen LogP contribution in [0.1, 0.15) is 63.9 Å². The molecule has 3 aliphatic rings. The molecule has 2 N–H and O–H groups in total. The van der Waals surface area contributed by atoms with E-state index in [1.165, 1.54) is 63.6 Å². The lowest BCUT2D eigenvalue weighted by Crippen LogP contribution is -2.39. The number of hydrogen-bond acceptors (Lipinski definition) is 3. The van der Waals surface area contributed by atoms with Gasteiger partial charge in [-0.3, -0.25) is 4.90 Å². The minimum absolute atomic E-state index is 0.0734. The number of carbonyl (C=O) groups is 1. The van der Waals surface area contributed by atoms with E-state index < -0.39 is 0 Å². The Labute approximate surface area is 176 Å². The second-order valence-corrected chi connectivity index (χ2v) is 9.46. The first kappa shape index (κ1) is 20.5. The fourth-order valence-corrected chi connectivity index (χ4v) is 5.52. The lowest BCUT2D eigenvalue weighted by Gasteiger charge is -2.28. The van der Waals surface area contributed by atoms with Crippen molar-refractivity contribution in [2.45, 2.75) is 77.3 Å². The van der Waals surface area contributed by atoms with Crippen LogP contribution in [-0.4, -0.2) is 49.2 Å². The Morgan fingerprint density at radius 3 is 2.62 bits per heavy atom. The summed E-state index contributed by atoms with van der Waals surface area (Å²) >= 11 is 0. The minimum Gasteiger partial charge on any atom is -0.370 e. The highest BCUT2D eigenvalue weighted by atomic mass is 16.2. The molecule has 3 fully saturated rings. The predicted molar refractivity (Wildman–Crippen MR) is 121 cm³/mol. The summed E-state index contributed by atoms with van der Waals surface area (Å²) in [5.41, 5.74) is 3.33. The van der Waals surface area contributed by atoms with E-state index >= 15 is 0 Å². The highest BCUT2D eigenvalue weighted by Gasteiger charge is 2.33. The van der Waals surface area contributed by atoms with Crippen molar-refractivity contribution in [3.8, 4) is 0 Å². The van der Waals surface area contributed by atoms with Gasteiger partial charge in [-0.2, -0.15) is 0 Å². The summed E-state index contributed by atoms with van der Waals surface area (Å²) in [7, 11) is 0. The number of hydrogen-bond donors (Lipinski definition) is 2. The molecule has 5 heteroatoms. The molecule has 5 nitrogen and oxygen atoms in total. The molecule has 2 amide bonds. The number of rotatable bonds is 5. The average Bonchev–Trinajstić information content (AvgIpc) is 3.37. The van der Waals surface area contributed by atoms with Gasteiger partial charge in [0.25, 0.3) is 0 Å². The zero-order chi connectivity index (χ0) is 20.2. The van der Waals surface area contributed by atoms with E-state index in [9.17, 15) is 4.79 Å². The van der Waals surface area contributed by atoms with Gasteiger partial charge in [-0.05, 0) is 82.2 Å². The van der Waals surface area contributed by atoms with E-state index in [0.717, 1.165) is 36.9 Å². The van der Waals surface area contributed by atoms with E-state index in [2.05, 4.69) is 52.5 Å². The average molecular weight is 399 g/mol. The third-order valence-corrected chi connectivity index (χ3v) is 7.34. The topological polar surface area (TPSA) is 47.6 Å². The van der Waals surface area contributed by atoms with E-state index in [-0.39, 0.29) is 6.03 Å². The predicted octanol–water partition coefficient (Wildman–Crippen LogP) is 4.76. The van der Waals surface area contributed by atoms with Crippen molar-refractivity contribution in [3.63, 3.8) is 0 Å². The summed E-state index contributed by atoms with van der Waals surface area (Å²) in [4.78, 5) is 17.5. The zero-order valence-corrected chi connectivity index (χ0v) is 18.3. The van der Waals surface area contributed by atoms with Gasteiger partial charge in [0.2, 0.25) is 0 Å². The van der Waals surface area contributed by atoms with Gasteiger partial charge >= 0.3 is 6.03 Å². The van der Waals surface area contributed by atoms with Gasteiger partial charge in [0.15, 0.2) is 0 Å². The first-order valence-electron chi connectivity index (χ1n) is 11.8. The molecule has 4 rings (SSSR count). The van der Waals surface area contributed by atoms with Gasteiger partial charge in [0, 0.05) is 43.1 Å². The monoisotopic (exact) mass is 398 g/mol. The number of nitrogens with one attached hydrogen (secondary N) is 2. The van der Waals surface area contributed by atoms with Gasteiger partial charge in [-0.25, -0.2) is 4.79 Å². The van der Waals surface area contributed by atoms with Crippen molar-refractivity contribution in [2.75, 3.05) is 36.4 Å². The normalized spacial score (nSPS) is 26.1. The Bertz CT molecular complexity index is 700. The summed E-state index contributed by atoms with van der Waals surface area (Å²) in [6.07, 6.45) is 10.4. The fraction of sp³-hybridized carbons (Fsp3) is 0.708. The highest BCUT2D eigenvalue weighted by molar-refractivity contribution is 5.90. The fourth-order valence-electron chi connectivity index (χ4n) is 5.52. The number of amides is 2. The molecule has 160 valence electrons. The lowest BCUT2D eigenvalue weighted by molar-refractivity contribution is 0.204. The van der Waals surface area contributed by atoms with Gasteiger partial charge in [-0.1, -0.05) is 19.3 Å². The van der Waals surface area contributed by atoms with Gasteiger partial charge in [0.1, 0.15) is 0 Å². The van der Waals surface area contributed by atoms with Crippen LogP contribution in [0.3, 0.4) is 0 Å². The molecule has 0 radical (unpaired) electrons. The Kier molecular flexibility index (Phi) is 6.63. The minimum atomic E-state index is -0.0734. The number of aryl methyl sites for hydroxylation is 1. The quantitative estimate of drug-likeness (QED) is 0.752. The molecule has 2 heterocycles. The maximum absolute atomic E-state index is 12.3. The molecule has 0 bridgehead atoms. The molecule has 1 aromatic carbocycles. The molecule has 29 heavy (non-hydrogen) atoms. The Balaban J connectivity index is 1.29. The zero-order valence-electron chi connectivity index (χ0n) is 18.3. The Morgan fingerprint density at radius 1 is 1.07 bits per heavy atom. The van der Waals surface area contributed by atoms with E-state index in [4.69, 9.17) is 0 Å². The Morgan fingerprint density at radius 2 is 1.90 bits per heavy atom. The lowest BCUT2D eigenvalue weighted by atomic mass is 9.89. The van der Waals surface area contributed by atoms with E-state index in [0.29, 0.717) is 12.0 Å². The molecular formula is C24H38N4O. The maximum Gasteiger partial charge on any atom is 0.319 e. The summed E-state index contributed by atoms with van der Waals surface area (Å²) in [6, 6.07) is 7.81. The van der Waals surface area contributed by atoms with Crippen LogP contribution in [0.5, 0.6) is 0 Å². The number of nitrogens with zero attached hydrogens (tertiary/aromatic N) is 2. The molecule has 2 saturated heterocycles. The van der Waals surface area contributed by atoms with Gasteiger partial charge < -0.3 is 15.5 Å². The number of likely N-dealkylation sites (tertiary alicyclic amines) is 1. The van der Waals surface area contributed by atoms with Gasteiger partial charge in [0.05, 0.1) is 0 Å². The number of anilines is 2. The van der Waals surface area contributed by atoms with Crippen molar-refractivity contribution in [1.82, 2.24) is 10.2 Å². The van der Waals surface area contributed by atoms with Crippen molar-refractivity contribution in [2.24, 2.45) is 5.92 Å². The van der Waals surface area contributed by atoms with Crippen LogP contribution in [0.2, 0.25) is 0 Å². The number of urea groups is 1. The Hall–Kier alpha value is -1.75. The van der Waals surface area contributed by atoms with Crippen LogP contribution in [-0.2, 0) is 0 Å². The van der Waals surface area contributed by atoms with Crippen LogP contribution >= 0.6 is 0 Å². The second kappa shape index (κ2) is 9.38. The third-order valence-electron chi connectivity index (χ3n) is 7.34. The first-order chi connectivity index (χ1) is 14.1. The molecule has 1 aliphatic carbocycles. The van der Waals surface area contributed by atoms with Crippen molar-refractivity contribution >= 4 is 17.4 Å². The summed E-state index contributed by atoms with van der Waals surface area (Å²) in [5.74, 6) is 0.652. The van der Waals surface area contributed by atoms with E-state index in [1.807, 2.05) is 0 Å². The number of carbonyl (C=O) groups excluding carboxylic acids is 1. The van der Waals surface area contributed by atoms with Crippen LogP contribution in [0, 0.1) is 12.8 Å². The molecule has 0 unspecified atom stereocenters. The van der Waals surface area contributed by atoms with Crippen molar-refractivity contribution < 1.29 is 4.79 Å². The second-order valence-electron chi connectivity index (χ2n) is 9.46. The molecule has 0 spiro atoms. The standard InChI is InChI=1S/C24H38N4O/c1-18-15-21(27-14-12-22(17-27)28-13-6-7-19(28)2)10-11-23(18)26-24(29)25-16-20-8-4-3-5-9-20/h10-11,15,19-20,22H,3-9,12-14,16-17H2,1-2H3,(H2,25,26,29)/t19-,22+/m0/s1. The molecule has 2 aliphatic heterocycles. The molecule has 2 atom stereocenters. The SMILES string of the molecule is Cc1cc(N2CC[C@@H](N3CCC[C@@H]3C)C2)ccc1NC(=O)NCC1CCCCC1. The molecule has 1 saturated carbocycles. The first-order valence-corrected chi connectivity index (χ1v) is 11.8. The van der Waals surface area contributed by atoms with Crippen LogP contribution < -0.4 is 15.5 Å². The van der Waals surface area contributed by atoms with Crippen molar-refractivity contribution in [3.05, 3.63) is 23.8 Å². The summed E-state index contributed by atoms with van der Waals surface area (Å²) < 4.78 is 0. The van der Waals surface area contributed by atoms with E-state index in [1.54, 1.807) is 0 Å². The number of benzene rings is 1. The van der Waals surface area contributed by atoms with Crippen LogP contribution in [0.25, 0.3) is 0 Å². The molecular weight excluding hydrogens is 360 g/mol. The smallest absolute Gasteiger partial charge is 0.319 e. The molecule has 1 aromatic rings. The van der Waals surface area contributed by atoms with Crippen LogP contribution in [0.4, 0.5) is 16.2 Å². The highest BCUT2D eigenvalue weighted by Crippen LogP contribution is 2.30.